The van der Waals surface area contributed by atoms with Crippen LogP contribution in [0.5, 0.6) is 5.75 Å². The summed E-state index contributed by atoms with van der Waals surface area (Å²) in [5.41, 5.74) is 0.712. The van der Waals surface area contributed by atoms with Crippen molar-refractivity contribution in [1.29, 1.82) is 0 Å². The lowest BCUT2D eigenvalue weighted by Crippen LogP contribution is -2.40. The number of carbonyl (C=O) groups excluding carboxylic acids is 1. The van der Waals surface area contributed by atoms with Gasteiger partial charge in [-0.15, -0.1) is 11.8 Å². The Labute approximate surface area is 141 Å². The van der Waals surface area contributed by atoms with Gasteiger partial charge in [0.25, 0.3) is 0 Å². The molecule has 1 aliphatic carbocycles. The summed E-state index contributed by atoms with van der Waals surface area (Å²) in [4.78, 5) is 21.2. The zero-order chi connectivity index (χ0) is 16.4. The van der Waals surface area contributed by atoms with Gasteiger partial charge in [0.1, 0.15) is 16.8 Å². The average Bonchev–Trinajstić information content (AvgIpc) is 3.30. The largest absolute Gasteiger partial charge is 0.507 e. The quantitative estimate of drug-likeness (QED) is 0.863. The van der Waals surface area contributed by atoms with Crippen LogP contribution in [-0.4, -0.2) is 70.9 Å². The molecule has 0 radical (unpaired) electrons. The Bertz CT molecular complexity index is 616. The van der Waals surface area contributed by atoms with Crippen LogP contribution in [0.3, 0.4) is 0 Å². The van der Waals surface area contributed by atoms with Gasteiger partial charge in [-0.1, -0.05) is 12.1 Å². The van der Waals surface area contributed by atoms with Gasteiger partial charge in [0.15, 0.2) is 0 Å². The second kappa shape index (κ2) is 6.93. The molecule has 23 heavy (non-hydrogen) atoms. The smallest absolute Gasteiger partial charge is 0.248 e. The number of likely N-dealkylation sites (N-methyl/N-ethyl adjacent to an activating group) is 2. The summed E-state index contributed by atoms with van der Waals surface area (Å²) < 4.78 is 0. The molecular weight excluding hydrogens is 310 g/mol. The van der Waals surface area contributed by atoms with E-state index in [1.807, 2.05) is 19.2 Å². The summed E-state index contributed by atoms with van der Waals surface area (Å²) in [5, 5.41) is 10.7. The topological polar surface area (TPSA) is 56.1 Å². The first kappa shape index (κ1) is 16.3. The molecule has 0 spiro atoms. The van der Waals surface area contributed by atoms with Crippen molar-refractivity contribution in [3.8, 4) is 5.75 Å². The molecule has 1 atom stereocenters. The van der Waals surface area contributed by atoms with Gasteiger partial charge in [-0.25, -0.2) is 0 Å². The number of nitrogens with zero attached hydrogens (tertiary/aromatic N) is 3. The van der Waals surface area contributed by atoms with Crippen LogP contribution in [0.2, 0.25) is 0 Å². The Hall–Kier alpha value is -1.53. The van der Waals surface area contributed by atoms with Crippen molar-refractivity contribution in [2.24, 2.45) is 4.99 Å². The van der Waals surface area contributed by atoms with Crippen molar-refractivity contribution in [2.45, 2.75) is 24.9 Å². The van der Waals surface area contributed by atoms with Gasteiger partial charge in [0, 0.05) is 37.5 Å². The number of hydrogen-bond donors (Lipinski definition) is 1. The number of phenols is 1. The predicted octanol–water partition coefficient (Wildman–Crippen LogP) is 1.81. The summed E-state index contributed by atoms with van der Waals surface area (Å²) in [5.74, 6) is 0.920. The van der Waals surface area contributed by atoms with Crippen LogP contribution >= 0.6 is 11.8 Å². The van der Waals surface area contributed by atoms with E-state index in [0.29, 0.717) is 17.4 Å². The summed E-state index contributed by atoms with van der Waals surface area (Å²) in [6.07, 6.45) is 2.56. The molecule has 1 saturated carbocycles. The third-order valence-electron chi connectivity index (χ3n) is 4.41. The highest BCUT2D eigenvalue weighted by Gasteiger charge is 2.30. The first-order chi connectivity index (χ1) is 11.1. The SMILES string of the molecule is CN(CCN(C)C1CC1)C(=O)[C@H]1CSC(c2ccccc2O)=N1. The van der Waals surface area contributed by atoms with E-state index in [-0.39, 0.29) is 17.7 Å². The van der Waals surface area contributed by atoms with Gasteiger partial charge in [0.05, 0.1) is 0 Å². The minimum atomic E-state index is -0.342. The monoisotopic (exact) mass is 333 g/mol. The molecule has 5 nitrogen and oxygen atoms in total. The van der Waals surface area contributed by atoms with E-state index in [2.05, 4.69) is 16.9 Å². The highest BCUT2D eigenvalue weighted by Crippen LogP contribution is 2.29. The van der Waals surface area contributed by atoms with E-state index < -0.39 is 0 Å². The number of carbonyl (C=O) groups is 1. The molecule has 1 aromatic rings. The molecule has 2 aliphatic rings. The third-order valence-corrected chi connectivity index (χ3v) is 5.49. The second-order valence-electron chi connectivity index (χ2n) is 6.25. The highest BCUT2D eigenvalue weighted by molar-refractivity contribution is 8.14. The number of phenolic OH excluding ortho intramolecular Hbond substituents is 1. The Morgan fingerprint density at radius 1 is 1.30 bits per heavy atom. The Kier molecular flexibility index (Phi) is 4.92. The summed E-state index contributed by atoms with van der Waals surface area (Å²) in [6, 6.07) is 7.51. The van der Waals surface area contributed by atoms with Crippen LogP contribution in [-0.2, 0) is 4.79 Å². The van der Waals surface area contributed by atoms with Crippen molar-refractivity contribution in [2.75, 3.05) is 32.9 Å². The predicted molar refractivity (Wildman–Crippen MR) is 94.2 cm³/mol. The first-order valence-electron chi connectivity index (χ1n) is 8.00. The summed E-state index contributed by atoms with van der Waals surface area (Å²) in [6.45, 7) is 1.64. The average molecular weight is 333 g/mol. The lowest BCUT2D eigenvalue weighted by Gasteiger charge is -2.23. The van der Waals surface area contributed by atoms with E-state index in [9.17, 15) is 9.90 Å². The van der Waals surface area contributed by atoms with Crippen molar-refractivity contribution >= 4 is 22.7 Å². The van der Waals surface area contributed by atoms with E-state index >= 15 is 0 Å². The standard InChI is InChI=1S/C17H23N3O2S/c1-19(12-7-8-12)9-10-20(2)17(22)14-11-23-16(18-14)13-5-3-4-6-15(13)21/h3-6,12,14,21H,7-11H2,1-2H3/t14-/m1/s1. The maximum Gasteiger partial charge on any atom is 0.248 e. The molecule has 6 heteroatoms. The van der Waals surface area contributed by atoms with Crippen LogP contribution < -0.4 is 0 Å². The van der Waals surface area contributed by atoms with Gasteiger partial charge >= 0.3 is 0 Å². The van der Waals surface area contributed by atoms with Crippen LogP contribution in [0.4, 0.5) is 0 Å². The van der Waals surface area contributed by atoms with Gasteiger partial charge in [-0.05, 0) is 32.0 Å². The molecule has 0 unspecified atom stereocenters. The minimum absolute atomic E-state index is 0.0621. The molecule has 1 N–H and O–H groups in total. The highest BCUT2D eigenvalue weighted by atomic mass is 32.2. The molecule has 1 aromatic carbocycles. The van der Waals surface area contributed by atoms with Crippen LogP contribution in [0.1, 0.15) is 18.4 Å². The fourth-order valence-corrected chi connectivity index (χ4v) is 3.74. The number of rotatable bonds is 6. The lowest BCUT2D eigenvalue weighted by molar-refractivity contribution is -0.130. The number of para-hydroxylation sites is 1. The number of amides is 1. The van der Waals surface area contributed by atoms with Crippen LogP contribution in [0.25, 0.3) is 0 Å². The van der Waals surface area contributed by atoms with Crippen LogP contribution in [0, 0.1) is 0 Å². The maximum atomic E-state index is 12.5. The van der Waals surface area contributed by atoms with E-state index in [0.717, 1.165) is 18.1 Å². The Morgan fingerprint density at radius 3 is 2.74 bits per heavy atom. The maximum absolute atomic E-state index is 12.5. The number of thioether (sulfide) groups is 1. The zero-order valence-electron chi connectivity index (χ0n) is 13.6. The lowest BCUT2D eigenvalue weighted by atomic mass is 10.2. The molecule has 0 saturated heterocycles. The number of hydrogen-bond acceptors (Lipinski definition) is 5. The molecule has 124 valence electrons. The Morgan fingerprint density at radius 2 is 2.04 bits per heavy atom. The molecule has 0 aromatic heterocycles. The zero-order valence-corrected chi connectivity index (χ0v) is 14.4. The molecule has 1 heterocycles. The van der Waals surface area contributed by atoms with Gasteiger partial charge in [-0.2, -0.15) is 0 Å². The summed E-state index contributed by atoms with van der Waals surface area (Å²) >= 11 is 1.53. The second-order valence-corrected chi connectivity index (χ2v) is 7.26. The number of aliphatic imine (C=N–C) groups is 1. The van der Waals surface area contributed by atoms with Crippen LogP contribution in [0.15, 0.2) is 29.3 Å². The van der Waals surface area contributed by atoms with Crippen molar-refractivity contribution in [3.63, 3.8) is 0 Å². The van der Waals surface area contributed by atoms with Gasteiger partial charge < -0.3 is 14.9 Å². The van der Waals surface area contributed by atoms with E-state index in [1.54, 1.807) is 17.0 Å². The van der Waals surface area contributed by atoms with Gasteiger partial charge in [0.2, 0.25) is 5.91 Å². The Balaban J connectivity index is 1.58. The molecule has 1 aliphatic heterocycles. The fourth-order valence-electron chi connectivity index (χ4n) is 2.67. The van der Waals surface area contributed by atoms with Crippen molar-refractivity contribution in [1.82, 2.24) is 9.80 Å². The molecule has 1 fully saturated rings. The van der Waals surface area contributed by atoms with Gasteiger partial charge in [-0.3, -0.25) is 9.79 Å². The van der Waals surface area contributed by atoms with E-state index in [4.69, 9.17) is 0 Å². The number of aromatic hydroxyl groups is 1. The van der Waals surface area contributed by atoms with Crippen molar-refractivity contribution < 1.29 is 9.90 Å². The first-order valence-corrected chi connectivity index (χ1v) is 8.99. The molecular formula is C17H23N3O2S. The fraction of sp³-hybridized carbons (Fsp3) is 0.529. The number of benzene rings is 1. The van der Waals surface area contributed by atoms with Crippen molar-refractivity contribution in [3.05, 3.63) is 29.8 Å². The summed E-state index contributed by atoms with van der Waals surface area (Å²) in [7, 11) is 3.97. The molecule has 3 rings (SSSR count). The molecule has 0 bridgehead atoms. The minimum Gasteiger partial charge on any atom is -0.507 e. The van der Waals surface area contributed by atoms with E-state index in [1.165, 1.54) is 24.6 Å². The normalized spacial score (nSPS) is 20.7. The third kappa shape index (κ3) is 3.87. The molecule has 1 amide bonds.